The zero-order valence-electron chi connectivity index (χ0n) is 13.6. The standard InChI is InChI=1S/C18H12Cl2F3N3O/c19-15-4-2-1-3-11(15)9-26-17(27)12(8-24)10-25-13-5-6-16(20)14(7-13)18(21,22)23/h1-7,10,25H,9H2,(H,26,27)/b12-10-. The van der Waals surface area contributed by atoms with Gasteiger partial charge in [-0.15, -0.1) is 0 Å². The van der Waals surface area contributed by atoms with Crippen LogP contribution in [0.1, 0.15) is 11.1 Å². The van der Waals surface area contributed by atoms with E-state index in [0.29, 0.717) is 10.6 Å². The van der Waals surface area contributed by atoms with Crippen LogP contribution in [0.2, 0.25) is 10.0 Å². The van der Waals surface area contributed by atoms with Crippen LogP contribution < -0.4 is 10.6 Å². The number of halogens is 5. The molecule has 27 heavy (non-hydrogen) atoms. The van der Waals surface area contributed by atoms with E-state index in [2.05, 4.69) is 10.6 Å². The molecular formula is C18H12Cl2F3N3O. The van der Waals surface area contributed by atoms with Crippen molar-refractivity contribution in [3.05, 3.63) is 75.4 Å². The molecule has 0 heterocycles. The lowest BCUT2D eigenvalue weighted by molar-refractivity contribution is -0.137. The highest BCUT2D eigenvalue weighted by atomic mass is 35.5. The van der Waals surface area contributed by atoms with Crippen molar-refractivity contribution in [1.82, 2.24) is 5.32 Å². The summed E-state index contributed by atoms with van der Waals surface area (Å²) in [6.07, 6.45) is -3.60. The predicted octanol–water partition coefficient (Wildman–Crippen LogP) is 5.15. The minimum atomic E-state index is -4.62. The molecule has 0 unspecified atom stereocenters. The average molecular weight is 414 g/mol. The van der Waals surface area contributed by atoms with Gasteiger partial charge >= 0.3 is 6.18 Å². The molecule has 0 saturated heterocycles. The molecule has 0 aliphatic rings. The number of anilines is 1. The third kappa shape index (κ3) is 5.64. The molecule has 9 heteroatoms. The minimum Gasteiger partial charge on any atom is -0.360 e. The fraction of sp³-hybridized carbons (Fsp3) is 0.111. The Labute approximate surface area is 163 Å². The highest BCUT2D eigenvalue weighted by Crippen LogP contribution is 2.36. The van der Waals surface area contributed by atoms with Crippen LogP contribution in [-0.4, -0.2) is 5.91 Å². The van der Waals surface area contributed by atoms with Crippen molar-refractivity contribution in [2.24, 2.45) is 0 Å². The fourth-order valence-corrected chi connectivity index (χ4v) is 2.48. The summed E-state index contributed by atoms with van der Waals surface area (Å²) in [5, 5.41) is 14.1. The van der Waals surface area contributed by atoms with Crippen LogP contribution in [0.5, 0.6) is 0 Å². The Morgan fingerprint density at radius 3 is 2.48 bits per heavy atom. The van der Waals surface area contributed by atoms with Crippen molar-refractivity contribution in [1.29, 1.82) is 5.26 Å². The summed E-state index contributed by atoms with van der Waals surface area (Å²) < 4.78 is 38.6. The maximum absolute atomic E-state index is 12.9. The van der Waals surface area contributed by atoms with E-state index < -0.39 is 22.7 Å². The van der Waals surface area contributed by atoms with E-state index in [1.165, 1.54) is 6.07 Å². The summed E-state index contributed by atoms with van der Waals surface area (Å²) in [6.45, 7) is 0.0939. The second-order valence-corrected chi connectivity index (χ2v) is 6.10. The summed E-state index contributed by atoms with van der Waals surface area (Å²) in [5.41, 5.74) is -0.654. The molecule has 4 nitrogen and oxygen atoms in total. The minimum absolute atomic E-state index is 0.0263. The molecular weight excluding hydrogens is 402 g/mol. The molecule has 0 fully saturated rings. The van der Waals surface area contributed by atoms with Crippen molar-refractivity contribution >= 4 is 34.8 Å². The first-order chi connectivity index (χ1) is 12.7. The summed E-state index contributed by atoms with van der Waals surface area (Å²) in [4.78, 5) is 12.1. The number of amides is 1. The molecule has 0 atom stereocenters. The molecule has 0 spiro atoms. The van der Waals surface area contributed by atoms with Gasteiger partial charge in [0, 0.05) is 23.5 Å². The van der Waals surface area contributed by atoms with Crippen LogP contribution in [0, 0.1) is 11.3 Å². The molecule has 0 aliphatic carbocycles. The first-order valence-electron chi connectivity index (χ1n) is 7.47. The number of nitriles is 1. The quantitative estimate of drug-likeness (QED) is 0.526. The van der Waals surface area contributed by atoms with Crippen molar-refractivity contribution in [2.45, 2.75) is 12.7 Å². The number of hydrogen-bond donors (Lipinski definition) is 2. The molecule has 2 aromatic rings. The molecule has 2 aromatic carbocycles. The second-order valence-electron chi connectivity index (χ2n) is 5.28. The monoisotopic (exact) mass is 413 g/mol. The normalized spacial score (nSPS) is 11.6. The van der Waals surface area contributed by atoms with Crippen LogP contribution in [0.3, 0.4) is 0 Å². The van der Waals surface area contributed by atoms with Gasteiger partial charge in [-0.1, -0.05) is 41.4 Å². The molecule has 1 amide bonds. The van der Waals surface area contributed by atoms with E-state index in [4.69, 9.17) is 28.5 Å². The van der Waals surface area contributed by atoms with Gasteiger partial charge in [0.05, 0.1) is 10.6 Å². The van der Waals surface area contributed by atoms with Crippen LogP contribution in [0.25, 0.3) is 0 Å². The first-order valence-corrected chi connectivity index (χ1v) is 8.23. The molecule has 140 valence electrons. The molecule has 0 radical (unpaired) electrons. The Bertz CT molecular complexity index is 921. The van der Waals surface area contributed by atoms with E-state index in [9.17, 15) is 18.0 Å². The largest absolute Gasteiger partial charge is 0.417 e. The predicted molar refractivity (Wildman–Crippen MR) is 97.1 cm³/mol. The van der Waals surface area contributed by atoms with Crippen molar-refractivity contribution < 1.29 is 18.0 Å². The number of carbonyl (C=O) groups is 1. The Morgan fingerprint density at radius 2 is 1.85 bits per heavy atom. The van der Waals surface area contributed by atoms with Crippen molar-refractivity contribution in [2.75, 3.05) is 5.32 Å². The number of alkyl halides is 3. The van der Waals surface area contributed by atoms with Crippen LogP contribution in [0.4, 0.5) is 18.9 Å². The van der Waals surface area contributed by atoms with Crippen molar-refractivity contribution in [3.8, 4) is 6.07 Å². The van der Waals surface area contributed by atoms with Crippen LogP contribution >= 0.6 is 23.2 Å². The van der Waals surface area contributed by atoms with Gasteiger partial charge in [-0.2, -0.15) is 18.4 Å². The van der Waals surface area contributed by atoms with Crippen LogP contribution in [0.15, 0.2) is 54.2 Å². The van der Waals surface area contributed by atoms with E-state index >= 15 is 0 Å². The summed E-state index contributed by atoms with van der Waals surface area (Å²) in [5.74, 6) is -0.699. The molecule has 0 aromatic heterocycles. The number of hydrogen-bond acceptors (Lipinski definition) is 3. The van der Waals surface area contributed by atoms with E-state index in [1.54, 1.807) is 30.3 Å². The SMILES string of the molecule is N#C/C(=C/Nc1ccc(Cl)c(C(F)(F)F)c1)C(=O)NCc1ccccc1Cl. The molecule has 0 bridgehead atoms. The van der Waals surface area contributed by atoms with Gasteiger partial charge in [-0.3, -0.25) is 4.79 Å². The Kier molecular flexibility index (Phi) is 6.72. The van der Waals surface area contributed by atoms with E-state index in [0.717, 1.165) is 18.3 Å². The van der Waals surface area contributed by atoms with Crippen LogP contribution in [-0.2, 0) is 17.5 Å². The molecule has 2 N–H and O–H groups in total. The first kappa shape index (κ1) is 20.6. The zero-order chi connectivity index (χ0) is 20.0. The smallest absolute Gasteiger partial charge is 0.360 e. The fourth-order valence-electron chi connectivity index (χ4n) is 2.05. The lowest BCUT2D eigenvalue weighted by Crippen LogP contribution is -2.24. The van der Waals surface area contributed by atoms with Gasteiger partial charge in [0.15, 0.2) is 0 Å². The molecule has 0 saturated carbocycles. The topological polar surface area (TPSA) is 64.9 Å². The second kappa shape index (κ2) is 8.80. The van der Waals surface area contributed by atoms with Gasteiger partial charge < -0.3 is 10.6 Å². The van der Waals surface area contributed by atoms with Crippen molar-refractivity contribution in [3.63, 3.8) is 0 Å². The maximum Gasteiger partial charge on any atom is 0.417 e. The number of benzene rings is 2. The summed E-state index contributed by atoms with van der Waals surface area (Å²) >= 11 is 11.5. The van der Waals surface area contributed by atoms with Gasteiger partial charge in [-0.25, -0.2) is 0 Å². The lowest BCUT2D eigenvalue weighted by atomic mass is 10.2. The number of carbonyl (C=O) groups excluding carboxylic acids is 1. The number of nitrogens with one attached hydrogen (secondary N) is 2. The third-order valence-corrected chi connectivity index (χ3v) is 4.12. The summed E-state index contributed by atoms with van der Waals surface area (Å²) in [7, 11) is 0. The average Bonchev–Trinajstić information content (AvgIpc) is 2.61. The lowest BCUT2D eigenvalue weighted by Gasteiger charge is -2.11. The Hall–Kier alpha value is -2.69. The van der Waals surface area contributed by atoms with Gasteiger partial charge in [0.25, 0.3) is 5.91 Å². The third-order valence-electron chi connectivity index (χ3n) is 3.42. The summed E-state index contributed by atoms with van der Waals surface area (Å²) in [6, 6.07) is 11.7. The molecule has 2 rings (SSSR count). The zero-order valence-corrected chi connectivity index (χ0v) is 15.1. The highest BCUT2D eigenvalue weighted by Gasteiger charge is 2.33. The number of rotatable bonds is 5. The molecule has 0 aliphatic heterocycles. The highest BCUT2D eigenvalue weighted by molar-refractivity contribution is 6.31. The van der Waals surface area contributed by atoms with Gasteiger partial charge in [0.1, 0.15) is 11.6 Å². The van der Waals surface area contributed by atoms with E-state index in [1.807, 2.05) is 0 Å². The number of nitrogens with zero attached hydrogens (tertiary/aromatic N) is 1. The Balaban J connectivity index is 2.09. The van der Waals surface area contributed by atoms with Gasteiger partial charge in [-0.05, 0) is 29.8 Å². The van der Waals surface area contributed by atoms with E-state index in [-0.39, 0.29) is 17.8 Å². The van der Waals surface area contributed by atoms with Gasteiger partial charge in [0.2, 0.25) is 0 Å². The Morgan fingerprint density at radius 1 is 1.15 bits per heavy atom. The maximum atomic E-state index is 12.9.